The first-order valence-corrected chi connectivity index (χ1v) is 42.5. The van der Waals surface area contributed by atoms with Crippen molar-refractivity contribution in [3.05, 3.63) is 345 Å². The zero-order valence-corrected chi connectivity index (χ0v) is 69.9. The second kappa shape index (κ2) is 25.6. The van der Waals surface area contributed by atoms with E-state index >= 15 is 0 Å². The van der Waals surface area contributed by atoms with Gasteiger partial charge in [-0.2, -0.15) is 0 Å². The Labute approximate surface area is 684 Å². The fourth-order valence-electron chi connectivity index (χ4n) is 21.7. The third-order valence-corrected chi connectivity index (χ3v) is 28.3. The van der Waals surface area contributed by atoms with Crippen molar-refractivity contribution in [1.82, 2.24) is 0 Å². The van der Waals surface area contributed by atoms with Crippen molar-refractivity contribution < 1.29 is 8.83 Å². The van der Waals surface area contributed by atoms with E-state index in [0.29, 0.717) is 5.92 Å². The summed E-state index contributed by atoms with van der Waals surface area (Å²) in [5.41, 5.74) is 43.7. The van der Waals surface area contributed by atoms with Gasteiger partial charge in [0, 0.05) is 77.3 Å². The van der Waals surface area contributed by atoms with Crippen molar-refractivity contribution in [2.24, 2.45) is 0 Å². The number of benzene rings is 14. The van der Waals surface area contributed by atoms with Gasteiger partial charge in [-0.05, 0) is 298 Å². The van der Waals surface area contributed by atoms with E-state index in [0.717, 1.165) is 90.5 Å². The van der Waals surface area contributed by atoms with E-state index in [2.05, 4.69) is 381 Å². The lowest BCUT2D eigenvalue weighted by atomic mass is 9.75. The predicted molar refractivity (Wildman–Crippen MR) is 489 cm³/mol. The highest BCUT2D eigenvalue weighted by Crippen LogP contribution is 2.58. The summed E-state index contributed by atoms with van der Waals surface area (Å²) < 4.78 is 13.5. The third kappa shape index (κ3) is 11.1. The van der Waals surface area contributed by atoms with E-state index in [9.17, 15) is 0 Å². The zero-order chi connectivity index (χ0) is 79.6. The van der Waals surface area contributed by atoms with E-state index in [1.807, 2.05) is 0 Å². The molecule has 5 aliphatic rings. The molecule has 1 fully saturated rings. The lowest BCUT2D eigenvalue weighted by Crippen LogP contribution is -2.22. The van der Waals surface area contributed by atoms with Crippen LogP contribution in [0.5, 0.6) is 0 Å². The first-order valence-electron chi connectivity index (χ1n) is 42.5. The molecule has 5 aliphatic carbocycles. The standard InChI is InChI=1S/C112H102N2O2/c1-66-54-67(2)105-94(55-66)91-46-34-73(58-104(91)115-105)70-31-39-76(40-32-70)113(78-41-49-86-83-24-19-20-27-95(83)109(8,9)99(86)61-78)80-43-51-88-85-48-36-75(60-98(85)112(14,15)101(88)63-80)108(6,7)65-68-28-53-96-93(56-68)89-52-44-81(64-102(89)110(96,10)11)114(79-42-50-87-84-47-35-74(107(3,4)5)59-97(84)111(12,13)100(87)62-79)77-37-29-69(30-38-77)72-33-45-90-92-26-21-25-82(71-22-17-16-18-23-71)106(92)116-103(90)57-72/h19-21,24-64,71H,16-18,22-23,65H2,1-15H3. The molecule has 0 amide bonds. The summed E-state index contributed by atoms with van der Waals surface area (Å²) in [6.45, 7) is 35.5. The molecule has 14 aromatic carbocycles. The van der Waals surface area contributed by atoms with Crippen LogP contribution in [0, 0.1) is 13.8 Å². The Balaban J connectivity index is 0.592. The van der Waals surface area contributed by atoms with Crippen LogP contribution < -0.4 is 9.80 Å². The fraction of sp³-hybridized carbons (Fsp3) is 0.250. The highest BCUT2D eigenvalue weighted by Gasteiger charge is 2.43. The highest BCUT2D eigenvalue weighted by atomic mass is 16.3. The lowest BCUT2D eigenvalue weighted by molar-refractivity contribution is 0.442. The van der Waals surface area contributed by atoms with Crippen LogP contribution in [-0.2, 0) is 38.9 Å². The van der Waals surface area contributed by atoms with E-state index < -0.39 is 0 Å². The molecular weight excluding hydrogens is 1410 g/mol. The van der Waals surface area contributed by atoms with Crippen molar-refractivity contribution in [1.29, 1.82) is 0 Å². The Hall–Kier alpha value is -11.7. The lowest BCUT2D eigenvalue weighted by Gasteiger charge is -2.30. The topological polar surface area (TPSA) is 32.8 Å². The summed E-state index contributed by atoms with van der Waals surface area (Å²) in [5.74, 6) is 0.565. The number of rotatable bonds is 12. The molecule has 0 radical (unpaired) electrons. The summed E-state index contributed by atoms with van der Waals surface area (Å²) >= 11 is 0. The minimum Gasteiger partial charge on any atom is -0.456 e. The number of hydrogen-bond donors (Lipinski definition) is 0. The molecule has 0 spiro atoms. The van der Waals surface area contributed by atoms with Crippen LogP contribution in [0.15, 0.2) is 276 Å². The summed E-state index contributed by atoms with van der Waals surface area (Å²) in [5, 5.41) is 4.75. The van der Waals surface area contributed by atoms with E-state index in [1.165, 1.54) is 171 Å². The summed E-state index contributed by atoms with van der Waals surface area (Å²) in [7, 11) is 0. The molecule has 116 heavy (non-hydrogen) atoms. The normalized spacial score (nSPS) is 15.8. The number of anilines is 6. The van der Waals surface area contributed by atoms with Crippen molar-refractivity contribution >= 4 is 78.0 Å². The minimum absolute atomic E-state index is 0.0429. The maximum atomic E-state index is 6.88. The van der Waals surface area contributed by atoms with Crippen molar-refractivity contribution in [2.45, 2.75) is 181 Å². The van der Waals surface area contributed by atoms with Crippen LogP contribution in [0.25, 0.3) is 111 Å². The second-order valence-corrected chi connectivity index (χ2v) is 38.6. The van der Waals surface area contributed by atoms with Crippen molar-refractivity contribution in [2.75, 3.05) is 9.80 Å². The fourth-order valence-corrected chi connectivity index (χ4v) is 21.7. The van der Waals surface area contributed by atoms with Gasteiger partial charge >= 0.3 is 0 Å². The number of furan rings is 2. The monoisotopic (exact) mass is 1510 g/mol. The molecule has 0 aliphatic heterocycles. The quantitative estimate of drug-likeness (QED) is 0.122. The molecule has 0 unspecified atom stereocenters. The largest absolute Gasteiger partial charge is 0.456 e. The first-order chi connectivity index (χ1) is 55.6. The number of aryl methyl sites for hydroxylation is 2. The molecule has 2 aromatic heterocycles. The van der Waals surface area contributed by atoms with Gasteiger partial charge in [-0.1, -0.05) is 273 Å². The maximum absolute atomic E-state index is 6.88. The minimum atomic E-state index is -0.276. The molecule has 572 valence electrons. The Kier molecular flexibility index (Phi) is 15.9. The molecule has 0 atom stereocenters. The number of hydrogen-bond acceptors (Lipinski definition) is 4. The second-order valence-electron chi connectivity index (χ2n) is 38.6. The average molecular weight is 1510 g/mol. The van der Waals surface area contributed by atoms with Gasteiger partial charge in [-0.15, -0.1) is 0 Å². The summed E-state index contributed by atoms with van der Waals surface area (Å²) in [6, 6.07) is 103. The molecule has 0 bridgehead atoms. The van der Waals surface area contributed by atoms with Gasteiger partial charge in [0.05, 0.1) is 0 Å². The van der Waals surface area contributed by atoms with Crippen molar-refractivity contribution in [3.8, 4) is 66.8 Å². The Morgan fingerprint density at radius 1 is 0.319 bits per heavy atom. The van der Waals surface area contributed by atoms with Gasteiger partial charge in [-0.25, -0.2) is 0 Å². The maximum Gasteiger partial charge on any atom is 0.138 e. The molecule has 21 rings (SSSR count). The summed E-state index contributed by atoms with van der Waals surface area (Å²) in [4.78, 5) is 5.00. The van der Waals surface area contributed by atoms with Crippen LogP contribution >= 0.6 is 0 Å². The molecule has 4 nitrogen and oxygen atoms in total. The van der Waals surface area contributed by atoms with Gasteiger partial charge in [0.1, 0.15) is 22.3 Å². The van der Waals surface area contributed by atoms with Crippen LogP contribution in [0.2, 0.25) is 0 Å². The van der Waals surface area contributed by atoms with E-state index in [1.54, 1.807) is 0 Å². The Morgan fingerprint density at radius 2 is 0.741 bits per heavy atom. The van der Waals surface area contributed by atoms with E-state index in [-0.39, 0.29) is 32.5 Å². The molecular formula is C112H102N2O2. The molecule has 2 heterocycles. The van der Waals surface area contributed by atoms with Crippen LogP contribution in [0.4, 0.5) is 34.1 Å². The number of nitrogens with zero attached hydrogens (tertiary/aromatic N) is 2. The van der Waals surface area contributed by atoms with Crippen molar-refractivity contribution in [3.63, 3.8) is 0 Å². The van der Waals surface area contributed by atoms with Gasteiger partial charge in [0.2, 0.25) is 0 Å². The smallest absolute Gasteiger partial charge is 0.138 e. The third-order valence-electron chi connectivity index (χ3n) is 28.3. The average Bonchev–Trinajstić information content (AvgIpc) is 1.58. The highest BCUT2D eigenvalue weighted by molar-refractivity contribution is 6.09. The Morgan fingerprint density at radius 3 is 1.27 bits per heavy atom. The predicted octanol–water partition coefficient (Wildman–Crippen LogP) is 31.5. The van der Waals surface area contributed by atoms with E-state index in [4.69, 9.17) is 8.83 Å². The molecule has 0 saturated heterocycles. The van der Waals surface area contributed by atoms with Crippen LogP contribution in [-0.4, -0.2) is 0 Å². The number of fused-ring (bicyclic) bond motifs is 18. The SMILES string of the molecule is Cc1cc(C)c2oc3cc(-c4ccc(N(c5ccc6c(c5)C(C)(C)c5ccccc5-6)c5ccc6c(c5)C(C)(C)c5cc(C(C)(C)Cc7ccc8c(c7)-c7ccc(N(c9ccc(-c%10ccc%11c(c%10)oc%10c(C%12CCCCC%12)cccc%10%11)cc9)c9ccc%10c(c9)C(C)(C)c9cc(C(C)(C)C)ccc9-%10)cc7C8(C)C)ccc5-6)cc4)ccc3c2c1. The van der Waals surface area contributed by atoms with Gasteiger partial charge in [0.25, 0.3) is 0 Å². The molecule has 4 heteroatoms. The zero-order valence-electron chi connectivity index (χ0n) is 69.9. The van der Waals surface area contributed by atoms with Crippen LogP contribution in [0.3, 0.4) is 0 Å². The molecule has 16 aromatic rings. The molecule has 0 N–H and O–H groups in total. The summed E-state index contributed by atoms with van der Waals surface area (Å²) in [6.07, 6.45) is 7.30. The van der Waals surface area contributed by atoms with Gasteiger partial charge < -0.3 is 18.6 Å². The number of para-hydroxylation sites is 1. The Bertz CT molecular complexity index is 6800. The first kappa shape index (κ1) is 72.0. The van der Waals surface area contributed by atoms with Crippen LogP contribution in [0.1, 0.15) is 206 Å². The van der Waals surface area contributed by atoms with Gasteiger partial charge in [-0.3, -0.25) is 0 Å². The van der Waals surface area contributed by atoms with Gasteiger partial charge in [0.15, 0.2) is 0 Å². The molecule has 1 saturated carbocycles.